The zero-order valence-corrected chi connectivity index (χ0v) is 9.50. The van der Waals surface area contributed by atoms with Crippen LogP contribution in [0.2, 0.25) is 0 Å². The molecule has 0 radical (unpaired) electrons. The molecular formula is C10H14FNO3S. The van der Waals surface area contributed by atoms with Crippen LogP contribution in [0, 0.1) is 5.82 Å². The van der Waals surface area contributed by atoms with Gasteiger partial charge in [0.2, 0.25) is 10.0 Å². The Morgan fingerprint density at radius 2 is 1.88 bits per heavy atom. The maximum Gasteiger partial charge on any atom is 0.213 e. The Balaban J connectivity index is 2.39. The molecule has 0 aromatic heterocycles. The zero-order chi connectivity index (χ0) is 12.0. The molecule has 0 atom stereocenters. The summed E-state index contributed by atoms with van der Waals surface area (Å²) in [6.07, 6.45) is 0.491. The predicted molar refractivity (Wildman–Crippen MR) is 59.0 cm³/mol. The highest BCUT2D eigenvalue weighted by Crippen LogP contribution is 2.02. The van der Waals surface area contributed by atoms with E-state index in [4.69, 9.17) is 5.11 Å². The lowest BCUT2D eigenvalue weighted by molar-refractivity contribution is 0.319. The van der Waals surface area contributed by atoms with E-state index in [0.29, 0.717) is 6.42 Å². The number of hydrogen-bond acceptors (Lipinski definition) is 3. The molecular weight excluding hydrogens is 233 g/mol. The molecule has 0 aliphatic heterocycles. The van der Waals surface area contributed by atoms with Gasteiger partial charge in [-0.15, -0.1) is 0 Å². The van der Waals surface area contributed by atoms with Crippen molar-refractivity contribution in [2.75, 3.05) is 18.9 Å². The molecule has 0 heterocycles. The van der Waals surface area contributed by atoms with Crippen molar-refractivity contribution >= 4 is 10.0 Å². The fourth-order valence-electron chi connectivity index (χ4n) is 1.19. The molecule has 0 bridgehead atoms. The first-order valence-electron chi connectivity index (χ1n) is 4.86. The number of halogens is 1. The molecule has 0 aliphatic carbocycles. The summed E-state index contributed by atoms with van der Waals surface area (Å²) >= 11 is 0. The largest absolute Gasteiger partial charge is 0.395 e. The van der Waals surface area contributed by atoms with Crippen molar-refractivity contribution < 1.29 is 17.9 Å². The van der Waals surface area contributed by atoms with Crippen LogP contribution in [-0.4, -0.2) is 32.4 Å². The van der Waals surface area contributed by atoms with Crippen LogP contribution in [-0.2, 0) is 16.4 Å². The Morgan fingerprint density at radius 3 is 2.44 bits per heavy atom. The maximum atomic E-state index is 12.6. The first-order valence-corrected chi connectivity index (χ1v) is 6.51. The molecule has 0 fully saturated rings. The molecule has 0 saturated heterocycles. The van der Waals surface area contributed by atoms with E-state index in [9.17, 15) is 12.8 Å². The van der Waals surface area contributed by atoms with Gasteiger partial charge < -0.3 is 5.11 Å². The topological polar surface area (TPSA) is 66.4 Å². The quantitative estimate of drug-likeness (QED) is 0.759. The second kappa shape index (κ2) is 5.93. The first kappa shape index (κ1) is 13.1. The second-order valence-electron chi connectivity index (χ2n) is 3.31. The van der Waals surface area contributed by atoms with Crippen molar-refractivity contribution in [3.05, 3.63) is 35.6 Å². The van der Waals surface area contributed by atoms with Gasteiger partial charge in [0.15, 0.2) is 0 Å². The highest BCUT2D eigenvalue weighted by Gasteiger charge is 2.07. The third kappa shape index (κ3) is 4.69. The lowest BCUT2D eigenvalue weighted by Crippen LogP contribution is -2.29. The Kier molecular flexibility index (Phi) is 4.85. The van der Waals surface area contributed by atoms with E-state index < -0.39 is 16.6 Å². The predicted octanol–water partition coefficient (Wildman–Crippen LogP) is 0.280. The van der Waals surface area contributed by atoms with Gasteiger partial charge in [-0.25, -0.2) is 17.5 Å². The Morgan fingerprint density at radius 1 is 1.25 bits per heavy atom. The van der Waals surface area contributed by atoms with Crippen LogP contribution >= 0.6 is 0 Å². The molecule has 0 unspecified atom stereocenters. The number of nitrogens with one attached hydrogen (secondary N) is 1. The van der Waals surface area contributed by atoms with Crippen LogP contribution in [0.5, 0.6) is 0 Å². The highest BCUT2D eigenvalue weighted by molar-refractivity contribution is 7.89. The summed E-state index contributed by atoms with van der Waals surface area (Å²) in [4.78, 5) is 0. The minimum atomic E-state index is -3.38. The van der Waals surface area contributed by atoms with Gasteiger partial charge in [-0.2, -0.15) is 0 Å². The van der Waals surface area contributed by atoms with E-state index in [1.54, 1.807) is 12.1 Å². The fourth-order valence-corrected chi connectivity index (χ4v) is 1.99. The lowest BCUT2D eigenvalue weighted by atomic mass is 10.1. The van der Waals surface area contributed by atoms with Crippen LogP contribution in [0.3, 0.4) is 0 Å². The summed E-state index contributed by atoms with van der Waals surface area (Å²) in [5.74, 6) is -0.610. The molecule has 16 heavy (non-hydrogen) atoms. The first-order chi connectivity index (χ1) is 7.53. The van der Waals surface area contributed by atoms with E-state index in [-0.39, 0.29) is 18.1 Å². The zero-order valence-electron chi connectivity index (χ0n) is 8.69. The average molecular weight is 247 g/mol. The van der Waals surface area contributed by atoms with Gasteiger partial charge in [-0.05, 0) is 24.1 Å². The van der Waals surface area contributed by atoms with E-state index >= 15 is 0 Å². The highest BCUT2D eigenvalue weighted by atomic mass is 32.2. The van der Waals surface area contributed by atoms with E-state index in [2.05, 4.69) is 4.72 Å². The van der Waals surface area contributed by atoms with Crippen molar-refractivity contribution in [3.63, 3.8) is 0 Å². The third-order valence-corrected chi connectivity index (χ3v) is 3.37. The number of aliphatic hydroxyl groups is 1. The fraction of sp³-hybridized carbons (Fsp3) is 0.400. The van der Waals surface area contributed by atoms with E-state index in [1.165, 1.54) is 12.1 Å². The molecule has 2 N–H and O–H groups in total. The number of aliphatic hydroxyl groups excluding tert-OH is 1. The van der Waals surface area contributed by atoms with Gasteiger partial charge in [0.25, 0.3) is 0 Å². The molecule has 1 rings (SSSR count). The summed E-state index contributed by atoms with van der Waals surface area (Å²) in [6, 6.07) is 5.88. The van der Waals surface area contributed by atoms with Gasteiger partial charge in [-0.3, -0.25) is 0 Å². The molecule has 90 valence electrons. The smallest absolute Gasteiger partial charge is 0.213 e. The minimum absolute atomic E-state index is 0.244. The van der Waals surface area contributed by atoms with Crippen molar-refractivity contribution in [2.45, 2.75) is 6.42 Å². The Hall–Kier alpha value is -0.980. The normalized spacial score (nSPS) is 11.6. The van der Waals surface area contributed by atoms with Crippen molar-refractivity contribution in [2.24, 2.45) is 0 Å². The summed E-state index contributed by atoms with van der Waals surface area (Å²) in [6.45, 7) is -0.153. The summed E-state index contributed by atoms with van der Waals surface area (Å²) < 4.78 is 37.2. The number of benzene rings is 1. The van der Waals surface area contributed by atoms with Crippen LogP contribution in [0.15, 0.2) is 24.3 Å². The average Bonchev–Trinajstić information content (AvgIpc) is 2.20. The molecule has 0 saturated carbocycles. The third-order valence-electron chi connectivity index (χ3n) is 2.01. The van der Waals surface area contributed by atoms with Gasteiger partial charge in [-0.1, -0.05) is 12.1 Å². The second-order valence-corrected chi connectivity index (χ2v) is 5.24. The summed E-state index contributed by atoms with van der Waals surface area (Å²) in [7, 11) is -3.38. The van der Waals surface area contributed by atoms with Crippen molar-refractivity contribution in [1.82, 2.24) is 4.72 Å². The molecule has 0 spiro atoms. The minimum Gasteiger partial charge on any atom is -0.395 e. The maximum absolute atomic E-state index is 12.6. The molecule has 0 amide bonds. The standard InChI is InChI=1S/C10H14FNO3S/c11-10-3-1-9(2-4-10)5-6-12-16(14,15)8-7-13/h1-4,12-13H,5-8H2. The molecule has 1 aromatic rings. The van der Waals surface area contributed by atoms with Crippen molar-refractivity contribution in [3.8, 4) is 0 Å². The van der Waals surface area contributed by atoms with Crippen LogP contribution in [0.25, 0.3) is 0 Å². The molecule has 1 aromatic carbocycles. The van der Waals surface area contributed by atoms with E-state index in [1.807, 2.05) is 0 Å². The van der Waals surface area contributed by atoms with Crippen LogP contribution in [0.1, 0.15) is 5.56 Å². The van der Waals surface area contributed by atoms with Crippen LogP contribution in [0.4, 0.5) is 4.39 Å². The number of hydrogen-bond donors (Lipinski definition) is 2. The SMILES string of the molecule is O=S(=O)(CCO)NCCc1ccc(F)cc1. The van der Waals surface area contributed by atoms with Gasteiger partial charge in [0.1, 0.15) is 5.82 Å². The van der Waals surface area contributed by atoms with E-state index in [0.717, 1.165) is 5.56 Å². The molecule has 4 nitrogen and oxygen atoms in total. The lowest BCUT2D eigenvalue weighted by Gasteiger charge is -2.05. The molecule has 0 aliphatic rings. The Labute approximate surface area is 94.2 Å². The number of rotatable bonds is 6. The van der Waals surface area contributed by atoms with Gasteiger partial charge in [0, 0.05) is 6.54 Å². The van der Waals surface area contributed by atoms with Gasteiger partial charge >= 0.3 is 0 Å². The summed E-state index contributed by atoms with van der Waals surface area (Å²) in [5, 5.41) is 8.49. The van der Waals surface area contributed by atoms with Crippen molar-refractivity contribution in [1.29, 1.82) is 0 Å². The molecule has 6 heteroatoms. The Bertz CT molecular complexity index is 416. The van der Waals surface area contributed by atoms with Gasteiger partial charge in [0.05, 0.1) is 12.4 Å². The summed E-state index contributed by atoms with van der Waals surface area (Å²) in [5.41, 5.74) is 0.855. The monoisotopic (exact) mass is 247 g/mol. The number of sulfonamides is 1. The van der Waals surface area contributed by atoms with Crippen LogP contribution < -0.4 is 4.72 Å².